The van der Waals surface area contributed by atoms with Crippen LogP contribution in [0.3, 0.4) is 0 Å². The largest absolute Gasteiger partial charge is 0.447 e. The number of cyclic esters (lactones) is 1. The number of carbonyl (C=O) groups is 1. The molecule has 1 aliphatic heterocycles. The minimum absolute atomic E-state index is 0.197. The summed E-state index contributed by atoms with van der Waals surface area (Å²) in [6.07, 6.45) is -0.447. The van der Waals surface area contributed by atoms with E-state index in [9.17, 15) is 4.79 Å². The Hall–Kier alpha value is -1.42. The molecule has 1 heterocycles. The molecule has 0 saturated carbocycles. The monoisotopic (exact) mass is 198 g/mol. The lowest BCUT2D eigenvalue weighted by molar-refractivity contribution is 0.173. The smallest absolute Gasteiger partial charge is 0.407 e. The Bertz CT molecular complexity index is 278. The van der Waals surface area contributed by atoms with Crippen LogP contribution in [0.2, 0.25) is 0 Å². The van der Waals surface area contributed by atoms with Gasteiger partial charge in [0, 0.05) is 4.91 Å². The Balaban J connectivity index is 2.78. The summed E-state index contributed by atoms with van der Waals surface area (Å²) in [6, 6.07) is -0.516. The van der Waals surface area contributed by atoms with Gasteiger partial charge in [0.05, 0.1) is 12.1 Å². The summed E-state index contributed by atoms with van der Waals surface area (Å²) in [5.41, 5.74) is 8.23. The molecule has 0 bridgehead atoms. The first-order valence-corrected chi connectivity index (χ1v) is 4.42. The van der Waals surface area contributed by atoms with Crippen molar-refractivity contribution >= 4 is 6.09 Å². The molecule has 6 heteroatoms. The lowest BCUT2D eigenvalue weighted by Gasteiger charge is -2.29. The molecule has 6 nitrogen and oxygen atoms in total. The zero-order valence-electron chi connectivity index (χ0n) is 8.52. The second-order valence-electron chi connectivity index (χ2n) is 4.37. The Morgan fingerprint density at radius 1 is 1.71 bits per heavy atom. The highest BCUT2D eigenvalue weighted by Gasteiger charge is 2.36. The second-order valence-corrected chi connectivity index (χ2v) is 4.37. The zero-order valence-corrected chi connectivity index (χ0v) is 8.52. The third-order valence-electron chi connectivity index (χ3n) is 2.14. The summed E-state index contributed by atoms with van der Waals surface area (Å²) >= 11 is 0. The molecule has 0 radical (unpaired) electrons. The number of nitrogens with zero attached hydrogens (tertiary/aromatic N) is 3. The van der Waals surface area contributed by atoms with Gasteiger partial charge in [0.15, 0.2) is 0 Å². The van der Waals surface area contributed by atoms with Gasteiger partial charge in [-0.1, -0.05) is 25.9 Å². The van der Waals surface area contributed by atoms with Gasteiger partial charge in [-0.25, -0.2) is 4.79 Å². The average Bonchev–Trinajstić information content (AvgIpc) is 2.45. The predicted octanol–water partition coefficient (Wildman–Crippen LogP) is 1.82. The van der Waals surface area contributed by atoms with Gasteiger partial charge in [-0.3, -0.25) is 0 Å². The van der Waals surface area contributed by atoms with Crippen molar-refractivity contribution < 1.29 is 9.53 Å². The van der Waals surface area contributed by atoms with Crippen molar-refractivity contribution in [1.82, 2.24) is 5.32 Å². The van der Waals surface area contributed by atoms with Crippen LogP contribution in [-0.2, 0) is 4.74 Å². The second kappa shape index (κ2) is 3.75. The van der Waals surface area contributed by atoms with Crippen LogP contribution >= 0.6 is 0 Å². The van der Waals surface area contributed by atoms with Crippen LogP contribution in [0.1, 0.15) is 20.8 Å². The minimum Gasteiger partial charge on any atom is -0.447 e. The number of azide groups is 1. The van der Waals surface area contributed by atoms with Crippen LogP contribution in [-0.4, -0.2) is 24.8 Å². The molecule has 0 aromatic heterocycles. The predicted molar refractivity (Wildman–Crippen MR) is 50.7 cm³/mol. The first kappa shape index (κ1) is 10.7. The fraction of sp³-hybridized carbons (Fsp3) is 0.875. The standard InChI is InChI=1S/C8H14N4O2/c1-8(2,3)6(11-12-9)5-4-14-7(13)10-5/h5-6H,4H2,1-3H3,(H,10,13). The molecular weight excluding hydrogens is 184 g/mol. The molecule has 1 amide bonds. The van der Waals surface area contributed by atoms with Crippen LogP contribution in [0.5, 0.6) is 0 Å². The van der Waals surface area contributed by atoms with Crippen LogP contribution in [0.15, 0.2) is 5.11 Å². The van der Waals surface area contributed by atoms with Crippen molar-refractivity contribution in [2.45, 2.75) is 32.9 Å². The van der Waals surface area contributed by atoms with E-state index in [1.54, 1.807) is 0 Å². The number of nitrogens with one attached hydrogen (secondary N) is 1. The third kappa shape index (κ3) is 2.29. The maximum atomic E-state index is 10.8. The van der Waals surface area contributed by atoms with Gasteiger partial charge in [-0.05, 0) is 10.9 Å². The van der Waals surface area contributed by atoms with Crippen LogP contribution in [0.4, 0.5) is 4.79 Å². The molecule has 0 aliphatic carbocycles. The molecule has 78 valence electrons. The van der Waals surface area contributed by atoms with Crippen LogP contribution in [0.25, 0.3) is 10.4 Å². The van der Waals surface area contributed by atoms with Gasteiger partial charge in [0.25, 0.3) is 0 Å². The summed E-state index contributed by atoms with van der Waals surface area (Å²) in [6.45, 7) is 6.13. The molecule has 1 rings (SSSR count). The maximum Gasteiger partial charge on any atom is 0.407 e. The van der Waals surface area contributed by atoms with Gasteiger partial charge in [-0.2, -0.15) is 0 Å². The van der Waals surface area contributed by atoms with Gasteiger partial charge in [0.2, 0.25) is 0 Å². The molecule has 1 N–H and O–H groups in total. The van der Waals surface area contributed by atoms with Crippen LogP contribution < -0.4 is 5.32 Å². The van der Waals surface area contributed by atoms with Crippen molar-refractivity contribution in [2.24, 2.45) is 10.5 Å². The van der Waals surface area contributed by atoms with Crippen molar-refractivity contribution in [2.75, 3.05) is 6.61 Å². The van der Waals surface area contributed by atoms with E-state index < -0.39 is 6.09 Å². The van der Waals surface area contributed by atoms with E-state index in [1.807, 2.05) is 20.8 Å². The molecule has 1 aliphatic rings. The number of alkyl carbamates (subject to hydrolysis) is 1. The van der Waals surface area contributed by atoms with Crippen molar-refractivity contribution in [1.29, 1.82) is 0 Å². The maximum absolute atomic E-state index is 10.8. The van der Waals surface area contributed by atoms with E-state index in [-0.39, 0.29) is 24.1 Å². The van der Waals surface area contributed by atoms with Gasteiger partial charge in [-0.15, -0.1) is 0 Å². The first-order chi connectivity index (χ1) is 6.45. The summed E-state index contributed by atoms with van der Waals surface area (Å²) in [5, 5.41) is 6.32. The average molecular weight is 198 g/mol. The van der Waals surface area contributed by atoms with E-state index in [2.05, 4.69) is 15.3 Å². The molecule has 2 atom stereocenters. The number of hydrogen-bond donors (Lipinski definition) is 1. The Labute approximate surface area is 82.2 Å². The number of ether oxygens (including phenoxy) is 1. The number of amides is 1. The summed E-state index contributed by atoms with van der Waals surface area (Å²) < 4.78 is 4.75. The summed E-state index contributed by atoms with van der Waals surface area (Å²) in [5.74, 6) is 0. The first-order valence-electron chi connectivity index (χ1n) is 4.42. The molecular formula is C8H14N4O2. The van der Waals surface area contributed by atoms with Crippen molar-refractivity contribution in [3.05, 3.63) is 10.4 Å². The lowest BCUT2D eigenvalue weighted by Crippen LogP contribution is -2.44. The summed E-state index contributed by atoms with van der Waals surface area (Å²) in [4.78, 5) is 13.6. The van der Waals surface area contributed by atoms with Crippen LogP contribution in [0, 0.1) is 5.41 Å². The van der Waals surface area contributed by atoms with Gasteiger partial charge in [0.1, 0.15) is 6.61 Å². The van der Waals surface area contributed by atoms with E-state index in [1.165, 1.54) is 0 Å². The molecule has 14 heavy (non-hydrogen) atoms. The third-order valence-corrected chi connectivity index (χ3v) is 2.14. The topological polar surface area (TPSA) is 87.1 Å². The number of hydrogen-bond acceptors (Lipinski definition) is 3. The highest BCUT2D eigenvalue weighted by Crippen LogP contribution is 2.26. The van der Waals surface area contributed by atoms with Crippen molar-refractivity contribution in [3.8, 4) is 0 Å². The SMILES string of the molecule is CC(C)(C)C(N=[N+]=[N-])C1COC(=O)N1. The molecule has 1 fully saturated rings. The fourth-order valence-corrected chi connectivity index (χ4v) is 1.48. The Kier molecular flexibility index (Phi) is 2.86. The van der Waals surface area contributed by atoms with Crippen molar-refractivity contribution in [3.63, 3.8) is 0 Å². The molecule has 1 saturated heterocycles. The van der Waals surface area contributed by atoms with Gasteiger partial charge >= 0.3 is 6.09 Å². The quantitative estimate of drug-likeness (QED) is 0.416. The molecule has 2 unspecified atom stereocenters. The van der Waals surface area contributed by atoms with E-state index >= 15 is 0 Å². The highest BCUT2D eigenvalue weighted by atomic mass is 16.6. The zero-order chi connectivity index (χ0) is 10.8. The molecule has 0 spiro atoms. The van der Waals surface area contributed by atoms with E-state index in [0.717, 1.165) is 0 Å². The Morgan fingerprint density at radius 3 is 2.71 bits per heavy atom. The van der Waals surface area contributed by atoms with E-state index in [0.29, 0.717) is 0 Å². The number of rotatable bonds is 2. The normalized spacial score (nSPS) is 23.4. The minimum atomic E-state index is -0.447. The summed E-state index contributed by atoms with van der Waals surface area (Å²) in [7, 11) is 0. The van der Waals surface area contributed by atoms with E-state index in [4.69, 9.17) is 10.3 Å². The molecule has 0 aromatic carbocycles. The Morgan fingerprint density at radius 2 is 2.36 bits per heavy atom. The molecule has 0 aromatic rings. The highest BCUT2D eigenvalue weighted by molar-refractivity contribution is 5.69. The lowest BCUT2D eigenvalue weighted by atomic mass is 9.83. The number of carbonyl (C=O) groups excluding carboxylic acids is 1. The fourth-order valence-electron chi connectivity index (χ4n) is 1.48. The van der Waals surface area contributed by atoms with Gasteiger partial charge < -0.3 is 10.1 Å².